The maximum atomic E-state index is 10.9. The van der Waals surface area contributed by atoms with Crippen LogP contribution in [0.2, 0.25) is 0 Å². The molecule has 17 heavy (non-hydrogen) atoms. The molecule has 0 aliphatic carbocycles. The molecule has 2 heterocycles. The molecule has 2 aromatic rings. The lowest BCUT2D eigenvalue weighted by Crippen LogP contribution is -2.07. The number of aromatic nitrogens is 3. The van der Waals surface area contributed by atoms with Crippen LogP contribution in [0.4, 0.5) is 11.5 Å². The summed E-state index contributed by atoms with van der Waals surface area (Å²) < 4.78 is 1.58. The lowest BCUT2D eigenvalue weighted by atomic mass is 10.3. The van der Waals surface area contributed by atoms with Gasteiger partial charge in [-0.2, -0.15) is 0 Å². The minimum Gasteiger partial charge on any atom is -0.384 e. The lowest BCUT2D eigenvalue weighted by Gasteiger charge is -2.06. The quantitative estimate of drug-likeness (QED) is 0.636. The van der Waals surface area contributed by atoms with Gasteiger partial charge >= 0.3 is 5.69 Å². The highest BCUT2D eigenvalue weighted by Crippen LogP contribution is 2.22. The van der Waals surface area contributed by atoms with Crippen LogP contribution < -0.4 is 5.73 Å². The van der Waals surface area contributed by atoms with Crippen molar-refractivity contribution in [2.24, 2.45) is 0 Å². The number of nitrogen functional groups attached to an aromatic ring is 1. The maximum Gasteiger partial charge on any atom is 0.312 e. The van der Waals surface area contributed by atoms with Crippen LogP contribution >= 0.6 is 0 Å². The van der Waals surface area contributed by atoms with E-state index in [1.807, 2.05) is 6.92 Å². The number of rotatable bonds is 3. The van der Waals surface area contributed by atoms with Crippen molar-refractivity contribution in [1.29, 1.82) is 0 Å². The molecule has 2 rings (SSSR count). The first kappa shape index (κ1) is 11.1. The van der Waals surface area contributed by atoms with E-state index in [2.05, 4.69) is 9.97 Å². The summed E-state index contributed by atoms with van der Waals surface area (Å²) >= 11 is 0. The Labute approximate surface area is 97.1 Å². The fraction of sp³-hybridized carbons (Fsp3) is 0.200. The normalized spacial score (nSPS) is 10.4. The van der Waals surface area contributed by atoms with Crippen LogP contribution in [0.3, 0.4) is 0 Å². The first-order chi connectivity index (χ1) is 8.13. The van der Waals surface area contributed by atoms with Crippen molar-refractivity contribution < 1.29 is 4.92 Å². The zero-order valence-corrected chi connectivity index (χ0v) is 9.20. The minimum absolute atomic E-state index is 0.0908. The molecule has 0 aromatic carbocycles. The Morgan fingerprint density at radius 2 is 2.29 bits per heavy atom. The third-order valence-electron chi connectivity index (χ3n) is 2.33. The zero-order valence-electron chi connectivity index (χ0n) is 9.20. The summed E-state index contributed by atoms with van der Waals surface area (Å²) in [6, 6.07) is 2.75. The lowest BCUT2D eigenvalue weighted by molar-refractivity contribution is -0.384. The van der Waals surface area contributed by atoms with E-state index in [4.69, 9.17) is 5.73 Å². The van der Waals surface area contributed by atoms with Gasteiger partial charge in [0.15, 0.2) is 0 Å². The van der Waals surface area contributed by atoms with E-state index in [0.717, 1.165) is 0 Å². The van der Waals surface area contributed by atoms with Crippen molar-refractivity contribution in [3.8, 4) is 5.82 Å². The molecule has 2 aromatic heterocycles. The summed E-state index contributed by atoms with van der Waals surface area (Å²) in [6.07, 6.45) is 3.86. The van der Waals surface area contributed by atoms with Gasteiger partial charge in [0.2, 0.25) is 5.82 Å². The number of pyridine rings is 1. The Kier molecular flexibility index (Phi) is 2.73. The molecule has 0 saturated heterocycles. The van der Waals surface area contributed by atoms with Crippen LogP contribution in [-0.2, 0) is 6.42 Å². The number of anilines is 1. The Bertz CT molecular complexity index is 564. The Balaban J connectivity index is 2.65. The highest BCUT2D eigenvalue weighted by Gasteiger charge is 2.18. The van der Waals surface area contributed by atoms with Gasteiger partial charge in [0.1, 0.15) is 11.6 Å². The summed E-state index contributed by atoms with van der Waals surface area (Å²) in [5.41, 5.74) is 5.47. The largest absolute Gasteiger partial charge is 0.384 e. The Morgan fingerprint density at radius 3 is 2.94 bits per heavy atom. The SMILES string of the molecule is CCc1nccn1-c1nc(N)ccc1[N+](=O)[O-]. The van der Waals surface area contributed by atoms with E-state index in [1.165, 1.54) is 12.1 Å². The van der Waals surface area contributed by atoms with Crippen molar-refractivity contribution in [3.05, 3.63) is 40.5 Å². The standard InChI is InChI=1S/C10H11N5O2/c1-2-9-12-5-6-14(9)10-7(15(16)17)3-4-8(11)13-10/h3-6H,2H2,1H3,(H2,11,13). The van der Waals surface area contributed by atoms with Gasteiger partial charge in [-0.05, 0) is 6.07 Å². The second-order valence-electron chi connectivity index (χ2n) is 3.40. The minimum atomic E-state index is -0.485. The van der Waals surface area contributed by atoms with E-state index >= 15 is 0 Å². The maximum absolute atomic E-state index is 10.9. The van der Waals surface area contributed by atoms with Crippen molar-refractivity contribution in [2.45, 2.75) is 13.3 Å². The van der Waals surface area contributed by atoms with Crippen LogP contribution in [0.1, 0.15) is 12.7 Å². The summed E-state index contributed by atoms with van der Waals surface area (Å²) in [5, 5.41) is 10.9. The molecule has 0 unspecified atom stereocenters. The average Bonchev–Trinajstić information content (AvgIpc) is 2.76. The van der Waals surface area contributed by atoms with E-state index in [1.54, 1.807) is 17.0 Å². The number of nitro groups is 1. The number of imidazole rings is 1. The Hall–Kier alpha value is -2.44. The number of nitrogens with zero attached hydrogens (tertiary/aromatic N) is 4. The van der Waals surface area contributed by atoms with Crippen molar-refractivity contribution in [3.63, 3.8) is 0 Å². The number of nitrogens with two attached hydrogens (primary N) is 1. The van der Waals surface area contributed by atoms with E-state index in [9.17, 15) is 10.1 Å². The molecule has 7 heteroatoms. The molecule has 88 valence electrons. The molecule has 0 aliphatic heterocycles. The average molecular weight is 233 g/mol. The third-order valence-corrected chi connectivity index (χ3v) is 2.33. The van der Waals surface area contributed by atoms with Crippen LogP contribution in [0.15, 0.2) is 24.5 Å². The van der Waals surface area contributed by atoms with Crippen LogP contribution in [-0.4, -0.2) is 19.5 Å². The number of hydrogen-bond acceptors (Lipinski definition) is 5. The van der Waals surface area contributed by atoms with Gasteiger partial charge in [-0.15, -0.1) is 0 Å². The summed E-state index contributed by atoms with van der Waals surface area (Å²) in [4.78, 5) is 18.5. The first-order valence-electron chi connectivity index (χ1n) is 5.07. The molecule has 0 atom stereocenters. The summed E-state index contributed by atoms with van der Waals surface area (Å²) in [5.74, 6) is 1.14. The molecule has 0 saturated carbocycles. The van der Waals surface area contributed by atoms with Gasteiger partial charge in [-0.1, -0.05) is 6.92 Å². The third kappa shape index (κ3) is 1.94. The molecule has 0 bridgehead atoms. The van der Waals surface area contributed by atoms with E-state index in [0.29, 0.717) is 12.2 Å². The number of aryl methyl sites for hydroxylation is 1. The molecule has 0 spiro atoms. The van der Waals surface area contributed by atoms with Gasteiger partial charge in [0.05, 0.1) is 4.92 Å². The van der Waals surface area contributed by atoms with Gasteiger partial charge in [0, 0.05) is 24.9 Å². The molecule has 0 fully saturated rings. The smallest absolute Gasteiger partial charge is 0.312 e. The fourth-order valence-corrected chi connectivity index (χ4v) is 1.56. The van der Waals surface area contributed by atoms with Gasteiger partial charge < -0.3 is 5.73 Å². The first-order valence-corrected chi connectivity index (χ1v) is 5.07. The molecule has 0 radical (unpaired) electrons. The van der Waals surface area contributed by atoms with Gasteiger partial charge in [-0.25, -0.2) is 9.97 Å². The Morgan fingerprint density at radius 1 is 1.53 bits per heavy atom. The monoisotopic (exact) mass is 233 g/mol. The summed E-state index contributed by atoms with van der Waals surface area (Å²) in [7, 11) is 0. The number of hydrogen-bond donors (Lipinski definition) is 1. The summed E-state index contributed by atoms with van der Waals surface area (Å²) in [6.45, 7) is 1.91. The molecule has 7 nitrogen and oxygen atoms in total. The van der Waals surface area contributed by atoms with Crippen molar-refractivity contribution >= 4 is 11.5 Å². The second-order valence-corrected chi connectivity index (χ2v) is 3.40. The highest BCUT2D eigenvalue weighted by molar-refractivity contribution is 5.52. The van der Waals surface area contributed by atoms with E-state index < -0.39 is 4.92 Å². The predicted octanol–water partition coefficient (Wildman–Crippen LogP) is 1.32. The van der Waals surface area contributed by atoms with Crippen LogP contribution in [0.5, 0.6) is 0 Å². The van der Waals surface area contributed by atoms with Gasteiger partial charge in [-0.3, -0.25) is 14.7 Å². The molecular weight excluding hydrogens is 222 g/mol. The van der Waals surface area contributed by atoms with Crippen LogP contribution in [0, 0.1) is 10.1 Å². The van der Waals surface area contributed by atoms with Gasteiger partial charge in [0.25, 0.3) is 0 Å². The zero-order chi connectivity index (χ0) is 12.4. The molecule has 2 N–H and O–H groups in total. The molecule has 0 aliphatic rings. The van der Waals surface area contributed by atoms with E-state index in [-0.39, 0.29) is 17.3 Å². The fourth-order valence-electron chi connectivity index (χ4n) is 1.56. The van der Waals surface area contributed by atoms with Crippen LogP contribution in [0.25, 0.3) is 5.82 Å². The predicted molar refractivity (Wildman–Crippen MR) is 61.8 cm³/mol. The highest BCUT2D eigenvalue weighted by atomic mass is 16.6. The molecule has 0 amide bonds. The molecular formula is C10H11N5O2. The second kappa shape index (κ2) is 4.20. The van der Waals surface area contributed by atoms with Crippen molar-refractivity contribution in [2.75, 3.05) is 5.73 Å². The van der Waals surface area contributed by atoms with Crippen molar-refractivity contribution in [1.82, 2.24) is 14.5 Å². The topological polar surface area (TPSA) is 99.9 Å².